The predicted molar refractivity (Wildman–Crippen MR) is 87.8 cm³/mol. The summed E-state index contributed by atoms with van der Waals surface area (Å²) in [5, 5.41) is 4.49. The Labute approximate surface area is 127 Å². The number of nitrogens with one attached hydrogen (secondary N) is 1. The van der Waals surface area contributed by atoms with Gasteiger partial charge in [-0.15, -0.1) is 11.3 Å². The lowest BCUT2D eigenvalue weighted by molar-refractivity contribution is 0.199. The summed E-state index contributed by atoms with van der Waals surface area (Å²) in [4.78, 5) is 8.31. The van der Waals surface area contributed by atoms with Crippen LogP contribution in [0.15, 0.2) is 0 Å². The molecule has 0 saturated carbocycles. The Morgan fingerprint density at radius 2 is 2.05 bits per heavy atom. The second kappa shape index (κ2) is 7.38. The van der Waals surface area contributed by atoms with Crippen molar-refractivity contribution in [1.82, 2.24) is 10.3 Å². The largest absolute Gasteiger partial charge is 0.383 e. The van der Waals surface area contributed by atoms with Crippen LogP contribution in [0.3, 0.4) is 0 Å². The van der Waals surface area contributed by atoms with Crippen molar-refractivity contribution in [1.29, 1.82) is 0 Å². The molecule has 1 atom stereocenters. The lowest BCUT2D eigenvalue weighted by atomic mass is 9.87. The normalized spacial score (nSPS) is 13.6. The molecule has 0 amide bonds. The summed E-state index contributed by atoms with van der Waals surface area (Å²) in [6.45, 7) is 13.6. The fourth-order valence-corrected chi connectivity index (χ4v) is 2.92. The third-order valence-electron chi connectivity index (χ3n) is 3.79. The summed E-state index contributed by atoms with van der Waals surface area (Å²) in [5.74, 6) is 0. The van der Waals surface area contributed by atoms with Gasteiger partial charge in [0.15, 0.2) is 5.13 Å². The first-order valence-corrected chi connectivity index (χ1v) is 7.97. The molecule has 0 aliphatic rings. The van der Waals surface area contributed by atoms with Gasteiger partial charge in [0.2, 0.25) is 0 Å². The number of rotatable bonds is 7. The van der Waals surface area contributed by atoms with E-state index in [1.165, 1.54) is 4.88 Å². The molecule has 1 rings (SSSR count). The number of nitrogens with zero attached hydrogens (tertiary/aromatic N) is 2. The van der Waals surface area contributed by atoms with Crippen LogP contribution < -0.4 is 10.2 Å². The Bertz CT molecular complexity index is 412. The van der Waals surface area contributed by atoms with Crippen LogP contribution in [0.25, 0.3) is 0 Å². The maximum Gasteiger partial charge on any atom is 0.185 e. The van der Waals surface area contributed by atoms with E-state index in [-0.39, 0.29) is 5.41 Å². The molecule has 116 valence electrons. The maximum atomic E-state index is 5.04. The average Bonchev–Trinajstić information content (AvgIpc) is 2.73. The van der Waals surface area contributed by atoms with Crippen LogP contribution in [0.5, 0.6) is 0 Å². The van der Waals surface area contributed by atoms with Crippen molar-refractivity contribution in [3.05, 3.63) is 10.6 Å². The van der Waals surface area contributed by atoms with Crippen molar-refractivity contribution in [3.8, 4) is 0 Å². The molecule has 0 spiro atoms. The molecule has 1 unspecified atom stereocenters. The number of hydrogen-bond acceptors (Lipinski definition) is 5. The summed E-state index contributed by atoms with van der Waals surface area (Å²) in [6.07, 6.45) is 0. The number of anilines is 1. The summed E-state index contributed by atoms with van der Waals surface area (Å²) in [6, 6.07) is 0.447. The van der Waals surface area contributed by atoms with Gasteiger partial charge in [-0.1, -0.05) is 20.8 Å². The fourth-order valence-electron chi connectivity index (χ4n) is 1.85. The SMILES string of the molecule is COCCNCc1sc(N(C)C(C)C(C)(C)C)nc1C. The third-order valence-corrected chi connectivity index (χ3v) is 5.03. The molecular weight excluding hydrogens is 270 g/mol. The monoisotopic (exact) mass is 299 g/mol. The molecule has 0 fully saturated rings. The van der Waals surface area contributed by atoms with Crippen LogP contribution >= 0.6 is 11.3 Å². The number of aryl methyl sites for hydroxylation is 1. The number of aromatic nitrogens is 1. The highest BCUT2D eigenvalue weighted by Crippen LogP contribution is 2.31. The van der Waals surface area contributed by atoms with Crippen LogP contribution in [0, 0.1) is 12.3 Å². The second-order valence-corrected chi connectivity index (χ2v) is 7.39. The molecular formula is C15H29N3OS. The van der Waals surface area contributed by atoms with Crippen LogP contribution in [-0.2, 0) is 11.3 Å². The Kier molecular flexibility index (Phi) is 6.43. The van der Waals surface area contributed by atoms with E-state index in [1.807, 2.05) is 0 Å². The van der Waals surface area contributed by atoms with E-state index in [0.717, 1.165) is 30.5 Å². The van der Waals surface area contributed by atoms with Gasteiger partial charge >= 0.3 is 0 Å². The van der Waals surface area contributed by atoms with Crippen LogP contribution in [0.1, 0.15) is 38.3 Å². The lowest BCUT2D eigenvalue weighted by Gasteiger charge is -2.35. The van der Waals surface area contributed by atoms with Gasteiger partial charge < -0.3 is 15.0 Å². The molecule has 1 aromatic heterocycles. The highest BCUT2D eigenvalue weighted by atomic mass is 32.1. The van der Waals surface area contributed by atoms with Gasteiger partial charge in [-0.3, -0.25) is 0 Å². The first-order valence-electron chi connectivity index (χ1n) is 7.16. The van der Waals surface area contributed by atoms with Crippen LogP contribution in [0.2, 0.25) is 0 Å². The van der Waals surface area contributed by atoms with Crippen LogP contribution in [0.4, 0.5) is 5.13 Å². The second-order valence-electron chi connectivity index (χ2n) is 6.33. The quantitative estimate of drug-likeness (QED) is 0.785. The van der Waals surface area contributed by atoms with Gasteiger partial charge in [-0.2, -0.15) is 0 Å². The number of methoxy groups -OCH3 is 1. The zero-order chi connectivity index (χ0) is 15.3. The zero-order valence-corrected chi connectivity index (χ0v) is 14.7. The fraction of sp³-hybridized carbons (Fsp3) is 0.800. The van der Waals surface area contributed by atoms with E-state index in [1.54, 1.807) is 18.4 Å². The molecule has 1 heterocycles. The van der Waals surface area contributed by atoms with Crippen molar-refractivity contribution < 1.29 is 4.74 Å². The molecule has 0 radical (unpaired) electrons. The molecule has 0 bridgehead atoms. The van der Waals surface area contributed by atoms with Crippen molar-refractivity contribution in [3.63, 3.8) is 0 Å². The summed E-state index contributed by atoms with van der Waals surface area (Å²) in [7, 11) is 3.86. The van der Waals surface area contributed by atoms with E-state index >= 15 is 0 Å². The first-order chi connectivity index (χ1) is 9.27. The highest BCUT2D eigenvalue weighted by Gasteiger charge is 2.26. The molecule has 20 heavy (non-hydrogen) atoms. The molecule has 0 aliphatic carbocycles. The minimum Gasteiger partial charge on any atom is -0.383 e. The van der Waals surface area contributed by atoms with Gasteiger partial charge in [-0.05, 0) is 19.3 Å². The maximum absolute atomic E-state index is 5.04. The van der Waals surface area contributed by atoms with E-state index in [9.17, 15) is 0 Å². The minimum absolute atomic E-state index is 0.241. The Balaban J connectivity index is 2.69. The summed E-state index contributed by atoms with van der Waals surface area (Å²) < 4.78 is 5.04. The van der Waals surface area contributed by atoms with E-state index in [4.69, 9.17) is 9.72 Å². The van der Waals surface area contributed by atoms with Gasteiger partial charge in [0.25, 0.3) is 0 Å². The van der Waals surface area contributed by atoms with Crippen molar-refractivity contribution >= 4 is 16.5 Å². The number of thiazole rings is 1. The van der Waals surface area contributed by atoms with Gasteiger partial charge in [0, 0.05) is 38.2 Å². The number of hydrogen-bond donors (Lipinski definition) is 1. The molecule has 1 N–H and O–H groups in total. The predicted octanol–water partition coefficient (Wildman–Crippen LogP) is 3.06. The molecule has 0 aliphatic heterocycles. The van der Waals surface area contributed by atoms with E-state index in [2.05, 4.69) is 51.9 Å². The molecule has 1 aromatic rings. The molecule has 0 saturated heterocycles. The standard InChI is InChI=1S/C15H29N3OS/c1-11-13(10-16-8-9-19-7)20-14(17-11)18(6)12(2)15(3,4)5/h12,16H,8-10H2,1-7H3. The zero-order valence-electron chi connectivity index (χ0n) is 13.9. The van der Waals surface area contributed by atoms with Crippen molar-refractivity contribution in [2.24, 2.45) is 5.41 Å². The molecule has 0 aromatic carbocycles. The lowest BCUT2D eigenvalue weighted by Crippen LogP contribution is -2.39. The summed E-state index contributed by atoms with van der Waals surface area (Å²) in [5.41, 5.74) is 1.37. The minimum atomic E-state index is 0.241. The van der Waals surface area contributed by atoms with Crippen molar-refractivity contribution in [2.45, 2.75) is 47.2 Å². The van der Waals surface area contributed by atoms with Crippen LogP contribution in [-0.4, -0.2) is 38.3 Å². The number of ether oxygens (including phenoxy) is 1. The van der Waals surface area contributed by atoms with E-state index < -0.39 is 0 Å². The average molecular weight is 299 g/mol. The topological polar surface area (TPSA) is 37.4 Å². The third kappa shape index (κ3) is 4.72. The Morgan fingerprint density at radius 1 is 1.40 bits per heavy atom. The molecule has 5 heteroatoms. The highest BCUT2D eigenvalue weighted by molar-refractivity contribution is 7.15. The Hall–Kier alpha value is -0.650. The van der Waals surface area contributed by atoms with Gasteiger partial charge in [0.05, 0.1) is 12.3 Å². The van der Waals surface area contributed by atoms with Gasteiger partial charge in [0.1, 0.15) is 0 Å². The van der Waals surface area contributed by atoms with E-state index in [0.29, 0.717) is 6.04 Å². The Morgan fingerprint density at radius 3 is 2.60 bits per heavy atom. The first kappa shape index (κ1) is 17.4. The smallest absolute Gasteiger partial charge is 0.185 e. The summed E-state index contributed by atoms with van der Waals surface area (Å²) >= 11 is 1.78. The van der Waals surface area contributed by atoms with Crippen molar-refractivity contribution in [2.75, 3.05) is 32.2 Å². The van der Waals surface area contributed by atoms with Gasteiger partial charge in [-0.25, -0.2) is 4.98 Å². The molecule has 4 nitrogen and oxygen atoms in total.